The molecular formula is C14H17NO. The quantitative estimate of drug-likeness (QED) is 0.694. The van der Waals surface area contributed by atoms with Gasteiger partial charge in [0.2, 0.25) is 5.91 Å². The first-order valence-electron chi connectivity index (χ1n) is 6.74. The minimum absolute atomic E-state index is 0.0533. The molecule has 0 saturated heterocycles. The van der Waals surface area contributed by atoms with Crippen molar-refractivity contribution in [2.75, 3.05) is 0 Å². The predicted octanol–water partition coefficient (Wildman–Crippen LogP) is 1.43. The van der Waals surface area contributed by atoms with Crippen LogP contribution >= 0.6 is 0 Å². The Balaban J connectivity index is 1.55. The van der Waals surface area contributed by atoms with E-state index < -0.39 is 0 Å². The van der Waals surface area contributed by atoms with Gasteiger partial charge in [-0.3, -0.25) is 4.79 Å². The van der Waals surface area contributed by atoms with E-state index >= 15 is 0 Å². The maximum Gasteiger partial charge on any atom is 0.243 e. The Morgan fingerprint density at radius 1 is 1.00 bits per heavy atom. The first-order valence-corrected chi connectivity index (χ1v) is 6.74. The van der Waals surface area contributed by atoms with Crippen molar-refractivity contribution in [2.24, 2.45) is 47.3 Å². The van der Waals surface area contributed by atoms with Gasteiger partial charge in [0, 0.05) is 6.04 Å². The molecule has 5 aliphatic carbocycles. The van der Waals surface area contributed by atoms with Crippen molar-refractivity contribution in [1.82, 2.24) is 5.32 Å². The summed E-state index contributed by atoms with van der Waals surface area (Å²) in [6, 6.07) is 0.521. The highest BCUT2D eigenvalue weighted by Crippen LogP contribution is 2.82. The summed E-state index contributed by atoms with van der Waals surface area (Å²) < 4.78 is 0. The van der Waals surface area contributed by atoms with Crippen LogP contribution in [0, 0.1) is 47.3 Å². The average molecular weight is 215 g/mol. The lowest BCUT2D eigenvalue weighted by Gasteiger charge is -2.47. The number of amides is 1. The number of hydrogen-bond acceptors (Lipinski definition) is 1. The third-order valence-corrected chi connectivity index (χ3v) is 6.82. The molecule has 9 atom stereocenters. The van der Waals surface area contributed by atoms with Crippen LogP contribution in [-0.4, -0.2) is 11.9 Å². The van der Waals surface area contributed by atoms with E-state index in [0.717, 1.165) is 47.3 Å². The first-order chi connectivity index (χ1) is 7.81. The molecule has 0 spiro atoms. The van der Waals surface area contributed by atoms with Crippen LogP contribution in [0.25, 0.3) is 0 Å². The lowest BCUT2D eigenvalue weighted by atomic mass is 9.59. The predicted molar refractivity (Wildman–Crippen MR) is 59.3 cm³/mol. The topological polar surface area (TPSA) is 29.1 Å². The molecule has 5 rings (SSSR count). The van der Waals surface area contributed by atoms with E-state index in [1.54, 1.807) is 0 Å². The Morgan fingerprint density at radius 2 is 1.69 bits per heavy atom. The van der Waals surface area contributed by atoms with Crippen LogP contribution in [0.4, 0.5) is 0 Å². The summed E-state index contributed by atoms with van der Waals surface area (Å²) in [5, 5.41) is 3.25. The van der Waals surface area contributed by atoms with Gasteiger partial charge in [0.05, 0.1) is 0 Å². The third kappa shape index (κ3) is 0.602. The Bertz CT molecular complexity index is 411. The lowest BCUT2D eigenvalue weighted by Crippen LogP contribution is -2.52. The Hall–Kier alpha value is -0.790. The lowest BCUT2D eigenvalue weighted by molar-refractivity contribution is -0.118. The maximum absolute atomic E-state index is 11.5. The van der Waals surface area contributed by atoms with Crippen LogP contribution in [0.2, 0.25) is 0 Å². The van der Waals surface area contributed by atoms with Crippen molar-refractivity contribution in [3.05, 3.63) is 12.7 Å². The number of fused-ring (bicyclic) bond motifs is 2. The molecule has 0 heterocycles. The molecule has 5 fully saturated rings. The van der Waals surface area contributed by atoms with Gasteiger partial charge < -0.3 is 5.32 Å². The highest BCUT2D eigenvalue weighted by molar-refractivity contribution is 5.87. The van der Waals surface area contributed by atoms with Gasteiger partial charge in [-0.05, 0) is 66.3 Å². The fourth-order valence-electron chi connectivity index (χ4n) is 6.89. The number of hydrogen-bond donors (Lipinski definition) is 1. The molecule has 2 bridgehead atoms. The van der Waals surface area contributed by atoms with Crippen molar-refractivity contribution in [3.63, 3.8) is 0 Å². The van der Waals surface area contributed by atoms with E-state index in [1.165, 1.54) is 18.9 Å². The number of nitrogens with one attached hydrogen (secondary N) is 1. The summed E-state index contributed by atoms with van der Waals surface area (Å²) in [6.45, 7) is 3.57. The van der Waals surface area contributed by atoms with E-state index in [9.17, 15) is 4.79 Å². The van der Waals surface area contributed by atoms with Crippen molar-refractivity contribution in [3.8, 4) is 0 Å². The number of carbonyl (C=O) groups is 1. The van der Waals surface area contributed by atoms with Gasteiger partial charge in [0.25, 0.3) is 0 Å². The molecule has 0 aromatic rings. The molecule has 84 valence electrons. The first kappa shape index (κ1) is 8.32. The summed E-state index contributed by atoms with van der Waals surface area (Å²) in [4.78, 5) is 11.5. The standard InChI is InChI=1S/C14H17NO/c1-2-9(16)15-14-11-6-4-7-10-5(6)3-8(11)12(10)13(7)14/h2,5-8,10-14H,1,3-4H2,(H,15,16). The summed E-state index contributed by atoms with van der Waals surface area (Å²) in [7, 11) is 0. The molecule has 0 radical (unpaired) electrons. The third-order valence-electron chi connectivity index (χ3n) is 6.82. The fourth-order valence-corrected chi connectivity index (χ4v) is 6.89. The van der Waals surface area contributed by atoms with E-state index in [-0.39, 0.29) is 5.91 Å². The highest BCUT2D eigenvalue weighted by Gasteiger charge is 2.80. The summed E-state index contributed by atoms with van der Waals surface area (Å²) in [5.41, 5.74) is 0. The van der Waals surface area contributed by atoms with Gasteiger partial charge in [-0.15, -0.1) is 0 Å². The molecule has 0 aliphatic heterocycles. The van der Waals surface area contributed by atoms with Crippen molar-refractivity contribution in [1.29, 1.82) is 0 Å². The zero-order chi connectivity index (χ0) is 10.6. The minimum atomic E-state index is 0.0533. The Morgan fingerprint density at radius 3 is 2.44 bits per heavy atom. The van der Waals surface area contributed by atoms with Gasteiger partial charge in [0.1, 0.15) is 0 Å². The second-order valence-corrected chi connectivity index (χ2v) is 6.67. The summed E-state index contributed by atoms with van der Waals surface area (Å²) >= 11 is 0. The fraction of sp³-hybridized carbons (Fsp3) is 0.786. The van der Waals surface area contributed by atoms with Gasteiger partial charge in [0.15, 0.2) is 0 Å². The summed E-state index contributed by atoms with van der Waals surface area (Å²) in [6.07, 6.45) is 4.44. The van der Waals surface area contributed by atoms with Gasteiger partial charge in [-0.2, -0.15) is 0 Å². The normalized spacial score (nSPS) is 66.1. The molecule has 1 N–H and O–H groups in total. The molecule has 9 unspecified atom stereocenters. The van der Waals surface area contributed by atoms with E-state index in [0.29, 0.717) is 6.04 Å². The highest BCUT2D eigenvalue weighted by atomic mass is 16.1. The van der Waals surface area contributed by atoms with E-state index in [4.69, 9.17) is 0 Å². The Kier molecular flexibility index (Phi) is 1.17. The molecule has 16 heavy (non-hydrogen) atoms. The molecular weight excluding hydrogens is 198 g/mol. The van der Waals surface area contributed by atoms with Crippen molar-refractivity contribution < 1.29 is 4.79 Å². The average Bonchev–Trinajstić information content (AvgIpc) is 2.77. The van der Waals surface area contributed by atoms with E-state index in [1.807, 2.05) is 0 Å². The molecule has 1 amide bonds. The molecule has 0 aromatic heterocycles. The van der Waals surface area contributed by atoms with Gasteiger partial charge in [-0.1, -0.05) is 6.58 Å². The van der Waals surface area contributed by atoms with Crippen molar-refractivity contribution in [2.45, 2.75) is 18.9 Å². The zero-order valence-corrected chi connectivity index (χ0v) is 9.30. The van der Waals surface area contributed by atoms with Crippen LogP contribution in [0.1, 0.15) is 12.8 Å². The molecule has 2 nitrogen and oxygen atoms in total. The van der Waals surface area contributed by atoms with Crippen LogP contribution in [0.5, 0.6) is 0 Å². The second kappa shape index (κ2) is 2.25. The van der Waals surface area contributed by atoms with Crippen LogP contribution in [-0.2, 0) is 4.79 Å². The van der Waals surface area contributed by atoms with E-state index in [2.05, 4.69) is 11.9 Å². The largest absolute Gasteiger partial charge is 0.349 e. The van der Waals surface area contributed by atoms with Crippen LogP contribution in [0.15, 0.2) is 12.7 Å². The van der Waals surface area contributed by atoms with Crippen LogP contribution in [0.3, 0.4) is 0 Å². The summed E-state index contributed by atoms with van der Waals surface area (Å²) in [5.74, 6) is 7.86. The number of rotatable bonds is 2. The molecule has 0 aromatic carbocycles. The molecule has 5 aliphatic rings. The second-order valence-electron chi connectivity index (χ2n) is 6.67. The smallest absolute Gasteiger partial charge is 0.243 e. The number of carbonyl (C=O) groups excluding carboxylic acids is 1. The Labute approximate surface area is 95.5 Å². The van der Waals surface area contributed by atoms with Crippen LogP contribution < -0.4 is 5.32 Å². The molecule has 5 saturated carbocycles. The maximum atomic E-state index is 11.5. The molecule has 2 heteroatoms. The minimum Gasteiger partial charge on any atom is -0.349 e. The zero-order valence-electron chi connectivity index (χ0n) is 9.30. The monoisotopic (exact) mass is 215 g/mol. The van der Waals surface area contributed by atoms with Gasteiger partial charge in [-0.25, -0.2) is 0 Å². The van der Waals surface area contributed by atoms with Gasteiger partial charge >= 0.3 is 0 Å². The van der Waals surface area contributed by atoms with Crippen molar-refractivity contribution >= 4 is 5.91 Å². The SMILES string of the molecule is C=CC(=O)NC1C2C3CC4C5C3CC2C5C41.